The van der Waals surface area contributed by atoms with Crippen molar-refractivity contribution in [2.24, 2.45) is 0 Å². The van der Waals surface area contributed by atoms with Gasteiger partial charge in [-0.25, -0.2) is 4.79 Å². The maximum Gasteiger partial charge on any atom is 0.340 e. The van der Waals surface area contributed by atoms with Crippen molar-refractivity contribution in [2.45, 2.75) is 72.1 Å². The highest BCUT2D eigenvalue weighted by atomic mass is 16.5. The van der Waals surface area contributed by atoms with E-state index in [1.165, 1.54) is 0 Å². The van der Waals surface area contributed by atoms with Gasteiger partial charge in [-0.2, -0.15) is 0 Å². The summed E-state index contributed by atoms with van der Waals surface area (Å²) in [4.78, 5) is 24.3. The molecule has 5 nitrogen and oxygen atoms in total. The number of aryl methyl sites for hydroxylation is 1. The Labute approximate surface area is 132 Å². The Kier molecular flexibility index (Phi) is 4.36. The zero-order chi connectivity index (χ0) is 16.7. The van der Waals surface area contributed by atoms with E-state index in [-0.39, 0.29) is 11.4 Å². The maximum absolute atomic E-state index is 12.3. The van der Waals surface area contributed by atoms with Gasteiger partial charge in [0.05, 0.1) is 5.56 Å². The van der Waals surface area contributed by atoms with Crippen LogP contribution in [0.3, 0.4) is 0 Å². The van der Waals surface area contributed by atoms with Gasteiger partial charge in [0.1, 0.15) is 0 Å². The van der Waals surface area contributed by atoms with Crippen LogP contribution in [-0.2, 0) is 9.53 Å². The number of carbonyl (C=O) groups excluding carboxylic acids is 2. The molecule has 5 heteroatoms. The summed E-state index contributed by atoms with van der Waals surface area (Å²) in [5.74, 6) is -0.714. The molecule has 1 saturated carbocycles. The number of nitrogens with zero attached hydrogens (tertiary/aromatic N) is 1. The lowest BCUT2D eigenvalue weighted by atomic mass is 10.1. The van der Waals surface area contributed by atoms with Crippen LogP contribution < -0.4 is 5.32 Å². The molecule has 2 rings (SSSR count). The molecule has 1 aliphatic carbocycles. The van der Waals surface area contributed by atoms with Crippen molar-refractivity contribution in [1.29, 1.82) is 0 Å². The summed E-state index contributed by atoms with van der Waals surface area (Å²) in [6.07, 6.45) is 1.51. The average molecular weight is 306 g/mol. The third kappa shape index (κ3) is 3.70. The molecule has 122 valence electrons. The smallest absolute Gasteiger partial charge is 0.340 e. The molecule has 1 amide bonds. The molecule has 1 unspecified atom stereocenters. The number of carbonyl (C=O) groups is 2. The van der Waals surface area contributed by atoms with E-state index in [0.29, 0.717) is 11.6 Å². The second-order valence-electron chi connectivity index (χ2n) is 7.17. The van der Waals surface area contributed by atoms with Gasteiger partial charge in [0, 0.05) is 23.0 Å². The normalized spacial score (nSPS) is 16.3. The summed E-state index contributed by atoms with van der Waals surface area (Å²) >= 11 is 0. The van der Waals surface area contributed by atoms with Gasteiger partial charge in [0.25, 0.3) is 5.91 Å². The first-order chi connectivity index (χ1) is 10.1. The minimum Gasteiger partial charge on any atom is -0.449 e. The minimum absolute atomic E-state index is 0.281. The molecular formula is C17H26N2O3. The van der Waals surface area contributed by atoms with Gasteiger partial charge in [-0.1, -0.05) is 0 Å². The van der Waals surface area contributed by atoms with Gasteiger partial charge in [-0.05, 0) is 60.5 Å². The summed E-state index contributed by atoms with van der Waals surface area (Å²) in [5.41, 5.74) is 2.20. The molecule has 1 aliphatic rings. The number of rotatable bonds is 4. The topological polar surface area (TPSA) is 60.3 Å². The number of hydrogen-bond acceptors (Lipinski definition) is 3. The number of esters is 1. The van der Waals surface area contributed by atoms with E-state index in [1.807, 2.05) is 40.7 Å². The Morgan fingerprint density at radius 2 is 1.91 bits per heavy atom. The highest BCUT2D eigenvalue weighted by Crippen LogP contribution is 2.38. The number of ether oxygens (including phenoxy) is 1. The molecule has 1 aromatic rings. The molecule has 1 fully saturated rings. The summed E-state index contributed by atoms with van der Waals surface area (Å²) in [6.45, 7) is 11.2. The molecule has 0 bridgehead atoms. The van der Waals surface area contributed by atoms with Gasteiger partial charge in [0.2, 0.25) is 0 Å². The molecule has 1 heterocycles. The van der Waals surface area contributed by atoms with Crippen molar-refractivity contribution < 1.29 is 14.3 Å². The average Bonchev–Trinajstić information content (AvgIpc) is 3.13. The van der Waals surface area contributed by atoms with Crippen molar-refractivity contribution in [2.75, 3.05) is 0 Å². The van der Waals surface area contributed by atoms with Crippen molar-refractivity contribution in [3.05, 3.63) is 23.0 Å². The number of nitrogens with one attached hydrogen (secondary N) is 1. The van der Waals surface area contributed by atoms with Crippen LogP contribution in [0.4, 0.5) is 0 Å². The SMILES string of the molecule is Cc1cc(C(=O)OC(C)C(=O)NC(C)(C)C)c(C)n1C1CC1. The minimum atomic E-state index is -0.810. The summed E-state index contributed by atoms with van der Waals surface area (Å²) in [5, 5.41) is 2.81. The Balaban J connectivity index is 2.06. The van der Waals surface area contributed by atoms with Gasteiger partial charge < -0.3 is 14.6 Å². The molecule has 1 aromatic heterocycles. The lowest BCUT2D eigenvalue weighted by Crippen LogP contribution is -2.46. The Bertz CT molecular complexity index is 592. The van der Waals surface area contributed by atoms with Crippen LogP contribution >= 0.6 is 0 Å². The van der Waals surface area contributed by atoms with E-state index < -0.39 is 12.1 Å². The van der Waals surface area contributed by atoms with Crippen LogP contribution in [0.15, 0.2) is 6.07 Å². The predicted octanol–water partition coefficient (Wildman–Crippen LogP) is 2.90. The largest absolute Gasteiger partial charge is 0.449 e. The molecule has 0 aromatic carbocycles. The quantitative estimate of drug-likeness (QED) is 0.870. The van der Waals surface area contributed by atoms with Crippen LogP contribution in [0.25, 0.3) is 0 Å². The van der Waals surface area contributed by atoms with Crippen LogP contribution in [0, 0.1) is 13.8 Å². The number of amides is 1. The predicted molar refractivity (Wildman–Crippen MR) is 85.0 cm³/mol. The standard InChI is InChI=1S/C17H26N2O3/c1-10-9-14(11(2)19(10)13-7-8-13)16(21)22-12(3)15(20)18-17(4,5)6/h9,12-13H,7-8H2,1-6H3,(H,18,20). The monoisotopic (exact) mass is 306 g/mol. The van der Waals surface area contributed by atoms with Gasteiger partial charge in [-0.15, -0.1) is 0 Å². The molecule has 22 heavy (non-hydrogen) atoms. The van der Waals surface area contributed by atoms with Crippen molar-refractivity contribution in [1.82, 2.24) is 9.88 Å². The highest BCUT2D eigenvalue weighted by Gasteiger charge is 2.30. The Morgan fingerprint density at radius 3 is 2.41 bits per heavy atom. The van der Waals surface area contributed by atoms with Crippen LogP contribution in [0.1, 0.15) is 68.3 Å². The number of aromatic nitrogens is 1. The highest BCUT2D eigenvalue weighted by molar-refractivity contribution is 5.93. The van der Waals surface area contributed by atoms with E-state index in [9.17, 15) is 9.59 Å². The van der Waals surface area contributed by atoms with Crippen LogP contribution in [-0.4, -0.2) is 28.1 Å². The zero-order valence-corrected chi connectivity index (χ0v) is 14.3. The van der Waals surface area contributed by atoms with Crippen molar-refractivity contribution in [3.8, 4) is 0 Å². The molecule has 1 atom stereocenters. The lowest BCUT2D eigenvalue weighted by molar-refractivity contribution is -0.130. The molecule has 0 aliphatic heterocycles. The fourth-order valence-corrected chi connectivity index (χ4v) is 2.63. The molecule has 0 saturated heterocycles. The first-order valence-corrected chi connectivity index (χ1v) is 7.81. The zero-order valence-electron chi connectivity index (χ0n) is 14.3. The first-order valence-electron chi connectivity index (χ1n) is 7.81. The Morgan fingerprint density at radius 1 is 1.32 bits per heavy atom. The van der Waals surface area contributed by atoms with E-state index >= 15 is 0 Å². The van der Waals surface area contributed by atoms with Crippen molar-refractivity contribution in [3.63, 3.8) is 0 Å². The third-order valence-corrected chi connectivity index (χ3v) is 3.77. The van der Waals surface area contributed by atoms with Gasteiger partial charge in [0.15, 0.2) is 6.10 Å². The lowest BCUT2D eigenvalue weighted by Gasteiger charge is -2.23. The molecule has 0 radical (unpaired) electrons. The molecular weight excluding hydrogens is 280 g/mol. The molecule has 0 spiro atoms. The Hall–Kier alpha value is -1.78. The second kappa shape index (κ2) is 5.78. The maximum atomic E-state index is 12.3. The number of hydrogen-bond donors (Lipinski definition) is 1. The fourth-order valence-electron chi connectivity index (χ4n) is 2.63. The van der Waals surface area contributed by atoms with Gasteiger partial charge in [-0.3, -0.25) is 4.79 Å². The first kappa shape index (κ1) is 16.6. The second-order valence-corrected chi connectivity index (χ2v) is 7.17. The summed E-state index contributed by atoms with van der Waals surface area (Å²) in [7, 11) is 0. The van der Waals surface area contributed by atoms with E-state index in [4.69, 9.17) is 4.74 Å². The van der Waals surface area contributed by atoms with Gasteiger partial charge >= 0.3 is 5.97 Å². The molecule has 1 N–H and O–H groups in total. The summed E-state index contributed by atoms with van der Waals surface area (Å²) < 4.78 is 7.52. The van der Waals surface area contributed by atoms with E-state index in [0.717, 1.165) is 24.2 Å². The van der Waals surface area contributed by atoms with Crippen LogP contribution in [0.5, 0.6) is 0 Å². The van der Waals surface area contributed by atoms with Crippen LogP contribution in [0.2, 0.25) is 0 Å². The van der Waals surface area contributed by atoms with E-state index in [2.05, 4.69) is 9.88 Å². The third-order valence-electron chi connectivity index (χ3n) is 3.77. The van der Waals surface area contributed by atoms with Crippen molar-refractivity contribution >= 4 is 11.9 Å². The van der Waals surface area contributed by atoms with E-state index in [1.54, 1.807) is 6.92 Å². The summed E-state index contributed by atoms with van der Waals surface area (Å²) in [6, 6.07) is 2.37. The fraction of sp³-hybridized carbons (Fsp3) is 0.647.